The molecule has 6 aromatic rings. The van der Waals surface area contributed by atoms with Gasteiger partial charge in [0.05, 0.1) is 13.2 Å². The lowest BCUT2D eigenvalue weighted by Crippen LogP contribution is -2.20. The van der Waals surface area contributed by atoms with Crippen molar-refractivity contribution in [2.75, 3.05) is 58.3 Å². The topological polar surface area (TPSA) is 251 Å². The van der Waals surface area contributed by atoms with Crippen LogP contribution in [0.1, 0.15) is 47.9 Å². The van der Waals surface area contributed by atoms with Crippen LogP contribution in [-0.2, 0) is 27.1 Å². The summed E-state index contributed by atoms with van der Waals surface area (Å²) in [5.41, 5.74) is 6.76. The Hall–Kier alpha value is -7.80. The van der Waals surface area contributed by atoms with Gasteiger partial charge >= 0.3 is 24.2 Å². The molecule has 316 valence electrons. The number of carbonyl (C=O) groups is 4. The Labute approximate surface area is 350 Å². The van der Waals surface area contributed by atoms with Crippen molar-refractivity contribution in [1.82, 2.24) is 30.4 Å². The first-order valence-corrected chi connectivity index (χ1v) is 19.5. The molecule has 0 atom stereocenters. The summed E-state index contributed by atoms with van der Waals surface area (Å²) in [5, 5.41) is 28.5. The maximum atomic E-state index is 12.2. The van der Waals surface area contributed by atoms with Gasteiger partial charge in [-0.1, -0.05) is 48.5 Å². The summed E-state index contributed by atoms with van der Waals surface area (Å²) < 4.78 is 16.3. The van der Waals surface area contributed by atoms with Crippen molar-refractivity contribution >= 4 is 58.9 Å². The Morgan fingerprint density at radius 1 is 0.426 bits per heavy atom. The van der Waals surface area contributed by atoms with Crippen molar-refractivity contribution in [1.29, 1.82) is 0 Å². The van der Waals surface area contributed by atoms with Crippen LogP contribution in [0.3, 0.4) is 0 Å². The lowest BCUT2D eigenvalue weighted by molar-refractivity contribution is 0.109. The van der Waals surface area contributed by atoms with Gasteiger partial charge < -0.3 is 24.8 Å². The summed E-state index contributed by atoms with van der Waals surface area (Å²) in [6.45, 7) is 1.61. The Balaban J connectivity index is 0.742. The maximum absolute atomic E-state index is 12.2. The van der Waals surface area contributed by atoms with E-state index in [4.69, 9.17) is 14.2 Å². The molecule has 0 unspecified atom stereocenters. The molecule has 0 saturated carbocycles. The molecule has 8 N–H and O–H groups in total. The minimum Gasteiger partial charge on any atom is -0.449 e. The van der Waals surface area contributed by atoms with Crippen LogP contribution in [0.2, 0.25) is 0 Å². The zero-order valence-corrected chi connectivity index (χ0v) is 33.1. The highest BCUT2D eigenvalue weighted by atomic mass is 16.6. The number of nitrogens with zero attached hydrogens (tertiary/aromatic N) is 4. The second-order valence-electron chi connectivity index (χ2n) is 13.5. The monoisotopic (exact) mass is 830 g/mol. The van der Waals surface area contributed by atoms with Crippen LogP contribution in [0.4, 0.5) is 53.8 Å². The van der Waals surface area contributed by atoms with Gasteiger partial charge in [-0.25, -0.2) is 29.4 Å². The molecular formula is C42H46N12O7. The second kappa shape index (κ2) is 23.0. The average Bonchev–Trinajstić information content (AvgIpc) is 3.98. The first-order chi connectivity index (χ1) is 29.8. The molecule has 0 radical (unpaired) electrons. The van der Waals surface area contributed by atoms with Crippen molar-refractivity contribution in [3.8, 4) is 0 Å². The Morgan fingerprint density at radius 3 is 1.08 bits per heavy atom. The first-order valence-electron chi connectivity index (χ1n) is 19.5. The van der Waals surface area contributed by atoms with Crippen LogP contribution in [0.5, 0.6) is 0 Å². The van der Waals surface area contributed by atoms with Crippen molar-refractivity contribution < 1.29 is 33.4 Å². The highest BCUT2D eigenvalue weighted by Gasteiger charge is 2.09. The zero-order chi connectivity index (χ0) is 42.5. The zero-order valence-electron chi connectivity index (χ0n) is 33.1. The van der Waals surface area contributed by atoms with Gasteiger partial charge in [0.15, 0.2) is 0 Å². The summed E-state index contributed by atoms with van der Waals surface area (Å²) in [6, 6.07) is 29.1. The van der Waals surface area contributed by atoms with E-state index in [2.05, 4.69) is 62.3 Å². The Kier molecular flexibility index (Phi) is 16.1. The standard InChI is InChI=1S/C42H46N12O7/c55-39(51-37-43-27-45-53-37)47-33-13-5-29(6-14-33)25-31-9-17-35(18-10-31)49-41(57)60-23-3-1-21-59-22-2-4-24-61-42(58)50-36-19-11-32(12-20-36)26-30-7-15-34(16-8-30)48-40(56)52-38-44-28-46-54-38/h5-20,27-28H,1-4,21-26H2,(H,49,57)(H,50,58)(H3,43,45,47,51,53,55)(H3,44,46,48,52,54,56). The molecule has 6 amide bonds. The Morgan fingerprint density at radius 2 is 0.754 bits per heavy atom. The number of amides is 6. The van der Waals surface area contributed by atoms with E-state index in [1.807, 2.05) is 97.1 Å². The minimum absolute atomic E-state index is 0.253. The number of nitrogens with one attached hydrogen (secondary N) is 8. The van der Waals surface area contributed by atoms with Crippen LogP contribution in [-0.4, -0.2) is 81.0 Å². The van der Waals surface area contributed by atoms with Crippen LogP contribution in [0, 0.1) is 0 Å². The lowest BCUT2D eigenvalue weighted by atomic mass is 10.0. The summed E-state index contributed by atoms with van der Waals surface area (Å²) in [4.78, 5) is 56.3. The highest BCUT2D eigenvalue weighted by Crippen LogP contribution is 2.18. The quantitative estimate of drug-likeness (QED) is 0.0345. The molecule has 0 saturated heterocycles. The summed E-state index contributed by atoms with van der Waals surface area (Å²) >= 11 is 0. The number of aromatic nitrogens is 6. The number of anilines is 6. The second-order valence-corrected chi connectivity index (χ2v) is 13.5. The number of rotatable bonds is 20. The predicted octanol–water partition coefficient (Wildman–Crippen LogP) is 7.77. The van der Waals surface area contributed by atoms with Gasteiger partial charge in [0.2, 0.25) is 11.9 Å². The third kappa shape index (κ3) is 15.5. The molecule has 4 aromatic carbocycles. The number of carbonyl (C=O) groups excluding carboxylic acids is 4. The van der Waals surface area contributed by atoms with Gasteiger partial charge in [-0.05, 0) is 109 Å². The van der Waals surface area contributed by atoms with Gasteiger partial charge in [0.1, 0.15) is 12.7 Å². The Bertz CT molecular complexity index is 2090. The molecule has 2 heterocycles. The number of hydrogen-bond donors (Lipinski definition) is 8. The van der Waals surface area contributed by atoms with Crippen molar-refractivity contribution in [2.24, 2.45) is 0 Å². The lowest BCUT2D eigenvalue weighted by Gasteiger charge is -2.09. The number of aromatic amines is 2. The molecule has 19 heteroatoms. The number of ether oxygens (including phenoxy) is 3. The SMILES string of the molecule is O=C(Nc1ccc(Cc2ccc(NC(=O)OCCCCOCCCCOC(=O)Nc3ccc(Cc4ccc(NC(=O)Nc5ncn[nH]5)cc4)cc3)cc2)cc1)Nc1ncn[nH]1. The predicted molar refractivity (Wildman–Crippen MR) is 229 cm³/mol. The van der Waals surface area contributed by atoms with Gasteiger partial charge in [-0.15, -0.1) is 0 Å². The van der Waals surface area contributed by atoms with E-state index >= 15 is 0 Å². The fraction of sp³-hybridized carbons (Fsp3) is 0.238. The maximum Gasteiger partial charge on any atom is 0.411 e. The minimum atomic E-state index is -0.521. The fourth-order valence-corrected chi connectivity index (χ4v) is 5.72. The summed E-state index contributed by atoms with van der Waals surface area (Å²) in [7, 11) is 0. The van der Waals surface area contributed by atoms with E-state index in [0.717, 1.165) is 35.1 Å². The van der Waals surface area contributed by atoms with Crippen molar-refractivity contribution in [3.63, 3.8) is 0 Å². The van der Waals surface area contributed by atoms with E-state index in [-0.39, 0.29) is 25.1 Å². The molecule has 0 fully saturated rings. The molecule has 19 nitrogen and oxygen atoms in total. The number of hydrogen-bond acceptors (Lipinski definition) is 11. The molecule has 0 aliphatic heterocycles. The van der Waals surface area contributed by atoms with Crippen LogP contribution in [0.15, 0.2) is 110 Å². The smallest absolute Gasteiger partial charge is 0.411 e. The van der Waals surface area contributed by atoms with Gasteiger partial charge in [0, 0.05) is 36.0 Å². The number of H-pyrrole nitrogens is 2. The van der Waals surface area contributed by atoms with Crippen molar-refractivity contribution in [3.05, 3.63) is 132 Å². The first kappa shape index (κ1) is 42.8. The number of urea groups is 2. The molecule has 0 aliphatic rings. The highest BCUT2D eigenvalue weighted by molar-refractivity contribution is 5.99. The third-order valence-corrected chi connectivity index (χ3v) is 8.77. The molecule has 0 aliphatic carbocycles. The molecule has 6 rings (SSSR count). The van der Waals surface area contributed by atoms with Crippen LogP contribution in [0.25, 0.3) is 0 Å². The molecule has 0 spiro atoms. The van der Waals surface area contributed by atoms with E-state index in [1.54, 1.807) is 0 Å². The summed E-state index contributed by atoms with van der Waals surface area (Å²) in [6.07, 6.45) is 5.72. The van der Waals surface area contributed by atoms with E-state index < -0.39 is 24.2 Å². The largest absolute Gasteiger partial charge is 0.449 e. The van der Waals surface area contributed by atoms with E-state index in [9.17, 15) is 19.2 Å². The molecule has 61 heavy (non-hydrogen) atoms. The molecule has 0 bridgehead atoms. The number of benzene rings is 4. The van der Waals surface area contributed by atoms with E-state index in [0.29, 0.717) is 61.6 Å². The average molecular weight is 831 g/mol. The van der Waals surface area contributed by atoms with Crippen LogP contribution < -0.4 is 31.9 Å². The van der Waals surface area contributed by atoms with Gasteiger partial charge in [-0.3, -0.25) is 21.3 Å². The fourth-order valence-electron chi connectivity index (χ4n) is 5.72. The van der Waals surface area contributed by atoms with E-state index in [1.165, 1.54) is 12.7 Å². The van der Waals surface area contributed by atoms with Gasteiger partial charge in [-0.2, -0.15) is 20.2 Å². The van der Waals surface area contributed by atoms with Gasteiger partial charge in [0.25, 0.3) is 0 Å². The normalized spacial score (nSPS) is 10.6. The molecule has 2 aromatic heterocycles. The third-order valence-electron chi connectivity index (χ3n) is 8.77. The number of unbranched alkanes of at least 4 members (excludes halogenated alkanes) is 2. The summed E-state index contributed by atoms with van der Waals surface area (Å²) in [5.74, 6) is 0.506. The van der Waals surface area contributed by atoms with Crippen molar-refractivity contribution in [2.45, 2.75) is 38.5 Å². The van der Waals surface area contributed by atoms with Crippen LogP contribution >= 0.6 is 0 Å². The molecular weight excluding hydrogens is 785 g/mol.